The minimum absolute atomic E-state index is 0.134. The molecule has 1 N–H and O–H groups in total. The van der Waals surface area contributed by atoms with Crippen LogP contribution in [0.4, 0.5) is 4.39 Å². The lowest BCUT2D eigenvalue weighted by molar-refractivity contribution is 0.0637. The fraction of sp³-hybridized carbons (Fsp3) is 0.538. The molecule has 0 spiro atoms. The smallest absolute Gasteiger partial charge is 0.256 e. The lowest BCUT2D eigenvalue weighted by Gasteiger charge is -2.34. The molecule has 96 valence electrons. The first-order valence-corrected chi connectivity index (χ1v) is 6.35. The molecule has 2 aliphatic rings. The van der Waals surface area contributed by atoms with Crippen molar-refractivity contribution in [3.8, 4) is 0 Å². The molecule has 0 aromatic carbocycles. The predicted molar refractivity (Wildman–Crippen MR) is 64.6 cm³/mol. The fourth-order valence-electron chi connectivity index (χ4n) is 2.94. The summed E-state index contributed by atoms with van der Waals surface area (Å²) in [5.74, 6) is 0.457. The zero-order chi connectivity index (χ0) is 12.5. The second-order valence-electron chi connectivity index (χ2n) is 5.07. The van der Waals surface area contributed by atoms with E-state index in [4.69, 9.17) is 0 Å². The van der Waals surface area contributed by atoms with Gasteiger partial charge in [0.15, 0.2) is 5.82 Å². The molecule has 2 fully saturated rings. The second kappa shape index (κ2) is 4.65. The average Bonchev–Trinajstić information content (AvgIpc) is 2.85. The monoisotopic (exact) mass is 249 g/mol. The Balaban J connectivity index is 1.75. The van der Waals surface area contributed by atoms with Gasteiger partial charge in [-0.05, 0) is 37.4 Å². The van der Waals surface area contributed by atoms with Crippen molar-refractivity contribution in [2.75, 3.05) is 26.2 Å². The summed E-state index contributed by atoms with van der Waals surface area (Å²) in [4.78, 5) is 17.7. The minimum atomic E-state index is -0.533. The predicted octanol–water partition coefficient (Wildman–Crippen LogP) is 0.902. The van der Waals surface area contributed by atoms with Crippen LogP contribution in [0.2, 0.25) is 0 Å². The van der Waals surface area contributed by atoms with Crippen LogP contribution in [0.3, 0.4) is 0 Å². The first-order valence-electron chi connectivity index (χ1n) is 6.35. The van der Waals surface area contributed by atoms with Crippen molar-refractivity contribution in [2.45, 2.75) is 6.42 Å². The van der Waals surface area contributed by atoms with Gasteiger partial charge in [-0.25, -0.2) is 4.39 Å². The van der Waals surface area contributed by atoms with Crippen LogP contribution in [0, 0.1) is 17.7 Å². The Hall–Kier alpha value is -1.49. The third-order valence-corrected chi connectivity index (χ3v) is 3.99. The van der Waals surface area contributed by atoms with Crippen LogP contribution in [0.1, 0.15) is 16.8 Å². The van der Waals surface area contributed by atoms with E-state index in [9.17, 15) is 9.18 Å². The van der Waals surface area contributed by atoms with E-state index < -0.39 is 5.82 Å². The number of amides is 1. The highest BCUT2D eigenvalue weighted by molar-refractivity contribution is 5.94. The average molecular weight is 249 g/mol. The summed E-state index contributed by atoms with van der Waals surface area (Å²) in [5, 5.41) is 3.35. The third kappa shape index (κ3) is 1.99. The first-order chi connectivity index (χ1) is 8.75. The molecule has 0 radical (unpaired) electrons. The SMILES string of the molecule is O=C(c1ccncc1F)N1CCC2CNCC2C1. The van der Waals surface area contributed by atoms with E-state index in [2.05, 4.69) is 10.3 Å². The largest absolute Gasteiger partial charge is 0.338 e. The first kappa shape index (κ1) is 11.6. The molecule has 2 atom stereocenters. The molecule has 0 bridgehead atoms. The number of hydrogen-bond donors (Lipinski definition) is 1. The number of carbonyl (C=O) groups excluding carboxylic acids is 1. The van der Waals surface area contributed by atoms with Crippen molar-refractivity contribution >= 4 is 5.91 Å². The van der Waals surface area contributed by atoms with Gasteiger partial charge in [0.2, 0.25) is 0 Å². The molecule has 1 aromatic heterocycles. The lowest BCUT2D eigenvalue weighted by Crippen LogP contribution is -2.43. The van der Waals surface area contributed by atoms with Gasteiger partial charge in [0.05, 0.1) is 11.8 Å². The standard InChI is InChI=1S/C13H16FN3O/c14-12-7-15-3-1-11(12)13(18)17-4-2-9-5-16-6-10(9)8-17/h1,3,7,9-10,16H,2,4-6,8H2. The summed E-state index contributed by atoms with van der Waals surface area (Å²) < 4.78 is 13.5. The number of rotatable bonds is 1. The summed E-state index contributed by atoms with van der Waals surface area (Å²) in [6.45, 7) is 3.48. The molecule has 18 heavy (non-hydrogen) atoms. The molecule has 0 aliphatic carbocycles. The van der Waals surface area contributed by atoms with E-state index in [0.29, 0.717) is 11.8 Å². The Bertz CT molecular complexity index is 465. The van der Waals surface area contributed by atoms with Crippen molar-refractivity contribution in [3.63, 3.8) is 0 Å². The number of likely N-dealkylation sites (tertiary alicyclic amines) is 1. The van der Waals surface area contributed by atoms with Gasteiger partial charge in [-0.3, -0.25) is 9.78 Å². The Morgan fingerprint density at radius 2 is 2.28 bits per heavy atom. The second-order valence-corrected chi connectivity index (χ2v) is 5.07. The summed E-state index contributed by atoms with van der Waals surface area (Å²) in [6, 6.07) is 1.46. The van der Waals surface area contributed by atoms with E-state index in [-0.39, 0.29) is 11.5 Å². The van der Waals surface area contributed by atoms with E-state index in [0.717, 1.165) is 38.8 Å². The van der Waals surface area contributed by atoms with Crippen LogP contribution in [0.25, 0.3) is 0 Å². The Labute approximate surface area is 105 Å². The lowest BCUT2D eigenvalue weighted by atomic mass is 9.88. The van der Waals surface area contributed by atoms with Crippen LogP contribution in [0.5, 0.6) is 0 Å². The molecule has 2 unspecified atom stereocenters. The van der Waals surface area contributed by atoms with Crippen LogP contribution < -0.4 is 5.32 Å². The minimum Gasteiger partial charge on any atom is -0.338 e. The maximum absolute atomic E-state index is 13.5. The summed E-state index contributed by atoms with van der Waals surface area (Å²) in [6.07, 6.45) is 3.56. The number of hydrogen-bond acceptors (Lipinski definition) is 3. The molecule has 2 aliphatic heterocycles. The van der Waals surface area contributed by atoms with Crippen molar-refractivity contribution in [1.82, 2.24) is 15.2 Å². The normalized spacial score (nSPS) is 27.1. The molecule has 3 heterocycles. The Kier molecular flexibility index (Phi) is 2.99. The van der Waals surface area contributed by atoms with Gasteiger partial charge < -0.3 is 10.2 Å². The van der Waals surface area contributed by atoms with Crippen LogP contribution in [-0.4, -0.2) is 42.0 Å². The highest BCUT2D eigenvalue weighted by atomic mass is 19.1. The number of pyridine rings is 1. The molecule has 1 aromatic rings. The van der Waals surface area contributed by atoms with Crippen molar-refractivity contribution in [3.05, 3.63) is 29.8 Å². The van der Waals surface area contributed by atoms with E-state index in [1.165, 1.54) is 12.3 Å². The molecular formula is C13H16FN3O. The van der Waals surface area contributed by atoms with E-state index >= 15 is 0 Å². The van der Waals surface area contributed by atoms with Crippen molar-refractivity contribution in [1.29, 1.82) is 0 Å². The van der Waals surface area contributed by atoms with E-state index in [1.54, 1.807) is 4.90 Å². The van der Waals surface area contributed by atoms with Gasteiger partial charge >= 0.3 is 0 Å². The number of nitrogens with one attached hydrogen (secondary N) is 1. The molecule has 1 amide bonds. The van der Waals surface area contributed by atoms with Gasteiger partial charge in [0, 0.05) is 19.3 Å². The maximum Gasteiger partial charge on any atom is 0.256 e. The topological polar surface area (TPSA) is 45.2 Å². The van der Waals surface area contributed by atoms with Crippen LogP contribution >= 0.6 is 0 Å². The van der Waals surface area contributed by atoms with Crippen molar-refractivity contribution in [2.24, 2.45) is 11.8 Å². The Morgan fingerprint density at radius 1 is 1.44 bits per heavy atom. The third-order valence-electron chi connectivity index (χ3n) is 3.99. The number of aromatic nitrogens is 1. The molecule has 2 saturated heterocycles. The number of piperidine rings is 1. The summed E-state index contributed by atoms with van der Waals surface area (Å²) in [5.41, 5.74) is 0.134. The molecular weight excluding hydrogens is 233 g/mol. The molecule has 4 nitrogen and oxygen atoms in total. The maximum atomic E-state index is 13.5. The zero-order valence-electron chi connectivity index (χ0n) is 10.1. The highest BCUT2D eigenvalue weighted by Crippen LogP contribution is 2.27. The van der Waals surface area contributed by atoms with E-state index in [1.807, 2.05) is 0 Å². The summed E-state index contributed by atoms with van der Waals surface area (Å²) >= 11 is 0. The quantitative estimate of drug-likeness (QED) is 0.804. The van der Waals surface area contributed by atoms with Gasteiger partial charge in [-0.15, -0.1) is 0 Å². The number of fused-ring (bicyclic) bond motifs is 1. The number of carbonyl (C=O) groups is 1. The van der Waals surface area contributed by atoms with Gasteiger partial charge in [0.25, 0.3) is 5.91 Å². The molecule has 0 saturated carbocycles. The van der Waals surface area contributed by atoms with Crippen molar-refractivity contribution < 1.29 is 9.18 Å². The van der Waals surface area contributed by atoms with Gasteiger partial charge in [-0.2, -0.15) is 0 Å². The Morgan fingerprint density at radius 3 is 3.11 bits per heavy atom. The highest BCUT2D eigenvalue weighted by Gasteiger charge is 2.35. The van der Waals surface area contributed by atoms with Gasteiger partial charge in [-0.1, -0.05) is 0 Å². The fourth-order valence-corrected chi connectivity index (χ4v) is 2.94. The van der Waals surface area contributed by atoms with Gasteiger partial charge in [0.1, 0.15) is 0 Å². The summed E-state index contributed by atoms with van der Waals surface area (Å²) in [7, 11) is 0. The number of halogens is 1. The van der Waals surface area contributed by atoms with Crippen LogP contribution in [-0.2, 0) is 0 Å². The molecule has 3 rings (SSSR count). The number of nitrogens with zero attached hydrogens (tertiary/aromatic N) is 2. The van der Waals surface area contributed by atoms with Crippen LogP contribution in [0.15, 0.2) is 18.5 Å². The zero-order valence-corrected chi connectivity index (χ0v) is 10.1. The molecule has 5 heteroatoms.